The largest absolute Gasteiger partial charge is 0.333 e. The molecule has 2 aromatic carbocycles. The van der Waals surface area contributed by atoms with E-state index in [1.165, 1.54) is 34.7 Å². The summed E-state index contributed by atoms with van der Waals surface area (Å²) in [6, 6.07) is 13.9. The highest BCUT2D eigenvalue weighted by Crippen LogP contribution is 2.06. The minimum atomic E-state index is -0.513. The number of fused-ring (bicyclic) bond motifs is 1. The lowest BCUT2D eigenvalue weighted by atomic mass is 10.1. The van der Waals surface area contributed by atoms with Gasteiger partial charge in [-0.25, -0.2) is 19.2 Å². The number of nitrogens with zero attached hydrogens (tertiary/aromatic N) is 4. The van der Waals surface area contributed by atoms with Crippen molar-refractivity contribution < 1.29 is 4.39 Å². The maximum absolute atomic E-state index is 13.2. The van der Waals surface area contributed by atoms with Gasteiger partial charge in [0.25, 0.3) is 5.56 Å². The fourth-order valence-corrected chi connectivity index (χ4v) is 3.37. The van der Waals surface area contributed by atoms with Crippen LogP contribution in [0.2, 0.25) is 0 Å². The Kier molecular flexibility index (Phi) is 5.99. The van der Waals surface area contributed by atoms with Crippen LogP contribution < -0.4 is 16.6 Å². The van der Waals surface area contributed by atoms with Crippen LogP contribution in [0, 0.1) is 12.7 Å². The van der Waals surface area contributed by atoms with Gasteiger partial charge in [-0.15, -0.1) is 0 Å². The Labute approximate surface area is 177 Å². The normalized spacial score (nSPS) is 11.2. The summed E-state index contributed by atoms with van der Waals surface area (Å²) in [5.74, 6) is -0.377. The molecule has 7 nitrogen and oxygen atoms in total. The Balaban J connectivity index is 1.60. The van der Waals surface area contributed by atoms with Crippen molar-refractivity contribution >= 4 is 11.2 Å². The molecule has 0 fully saturated rings. The summed E-state index contributed by atoms with van der Waals surface area (Å²) in [6.07, 6.45) is 2.89. The number of halogens is 1. The van der Waals surface area contributed by atoms with Gasteiger partial charge in [-0.2, -0.15) is 0 Å². The molecule has 0 atom stereocenters. The molecule has 0 radical (unpaired) electrons. The van der Waals surface area contributed by atoms with E-state index in [9.17, 15) is 14.0 Å². The quantitative estimate of drug-likeness (QED) is 0.465. The lowest BCUT2D eigenvalue weighted by molar-refractivity contribution is 0.554. The van der Waals surface area contributed by atoms with Gasteiger partial charge in [-0.1, -0.05) is 42.0 Å². The Bertz CT molecular complexity index is 1310. The highest BCUT2D eigenvalue weighted by Gasteiger charge is 2.15. The van der Waals surface area contributed by atoms with Crippen molar-refractivity contribution in [3.05, 3.63) is 104 Å². The molecule has 0 aliphatic heterocycles. The lowest BCUT2D eigenvalue weighted by Crippen LogP contribution is -2.42. The van der Waals surface area contributed by atoms with Crippen molar-refractivity contribution in [3.8, 4) is 0 Å². The maximum atomic E-state index is 13.2. The summed E-state index contributed by atoms with van der Waals surface area (Å²) < 4.78 is 15.8. The van der Waals surface area contributed by atoms with Crippen LogP contribution >= 0.6 is 0 Å². The number of hydrogen-bond acceptors (Lipinski definition) is 5. The molecule has 2 aromatic heterocycles. The second-order valence-electron chi connectivity index (χ2n) is 7.34. The molecule has 0 saturated carbocycles. The van der Waals surface area contributed by atoms with Gasteiger partial charge in [-0.05, 0) is 30.2 Å². The molecule has 4 aromatic rings. The van der Waals surface area contributed by atoms with Gasteiger partial charge >= 0.3 is 5.69 Å². The first kappa shape index (κ1) is 20.6. The van der Waals surface area contributed by atoms with Gasteiger partial charge in [0.1, 0.15) is 5.82 Å². The third kappa shape index (κ3) is 4.59. The Hall–Kier alpha value is -3.65. The van der Waals surface area contributed by atoms with E-state index in [2.05, 4.69) is 39.6 Å². The molecule has 31 heavy (non-hydrogen) atoms. The summed E-state index contributed by atoms with van der Waals surface area (Å²) in [4.78, 5) is 34.4. The van der Waals surface area contributed by atoms with Crippen LogP contribution in [0.3, 0.4) is 0 Å². The van der Waals surface area contributed by atoms with Crippen LogP contribution in [0.5, 0.6) is 0 Å². The van der Waals surface area contributed by atoms with Gasteiger partial charge in [0.15, 0.2) is 11.2 Å². The fourth-order valence-electron chi connectivity index (χ4n) is 3.37. The van der Waals surface area contributed by atoms with Gasteiger partial charge in [0, 0.05) is 32.0 Å². The second kappa shape index (κ2) is 9.01. The topological polar surface area (TPSA) is 81.8 Å². The highest BCUT2D eigenvalue weighted by atomic mass is 19.1. The number of rotatable bonds is 7. The molecule has 0 unspecified atom stereocenters. The van der Waals surface area contributed by atoms with Crippen molar-refractivity contribution in [3.63, 3.8) is 0 Å². The number of aryl methyl sites for hydroxylation is 1. The molecule has 0 bridgehead atoms. The zero-order valence-corrected chi connectivity index (χ0v) is 17.1. The van der Waals surface area contributed by atoms with E-state index < -0.39 is 11.2 Å². The monoisotopic (exact) mass is 419 g/mol. The fraction of sp³-hybridized carbons (Fsp3) is 0.217. The summed E-state index contributed by atoms with van der Waals surface area (Å²) in [6.45, 7) is 3.56. The molecular formula is C23H22FN5O2. The summed E-state index contributed by atoms with van der Waals surface area (Å²) >= 11 is 0. The third-order valence-corrected chi connectivity index (χ3v) is 5.06. The zero-order valence-electron chi connectivity index (χ0n) is 17.1. The Morgan fingerprint density at radius 2 is 1.58 bits per heavy atom. The average molecular weight is 419 g/mol. The van der Waals surface area contributed by atoms with E-state index in [4.69, 9.17) is 0 Å². The molecule has 0 spiro atoms. The molecule has 1 N–H and O–H groups in total. The number of nitrogens with one attached hydrogen (secondary N) is 1. The predicted molar refractivity (Wildman–Crippen MR) is 116 cm³/mol. The first-order valence-electron chi connectivity index (χ1n) is 9.98. The number of benzene rings is 2. The van der Waals surface area contributed by atoms with Crippen molar-refractivity contribution in [1.29, 1.82) is 0 Å². The van der Waals surface area contributed by atoms with Crippen LogP contribution in [-0.4, -0.2) is 25.6 Å². The minimum absolute atomic E-state index is 0.0290. The van der Waals surface area contributed by atoms with E-state index in [0.717, 1.165) is 10.1 Å². The number of hydrogen-bond donors (Lipinski definition) is 1. The van der Waals surface area contributed by atoms with Gasteiger partial charge in [-0.3, -0.25) is 13.9 Å². The predicted octanol–water partition coefficient (Wildman–Crippen LogP) is 2.24. The number of aromatic nitrogens is 4. The van der Waals surface area contributed by atoms with Crippen LogP contribution in [0.1, 0.15) is 16.7 Å². The molecule has 0 aliphatic carbocycles. The van der Waals surface area contributed by atoms with E-state index in [1.54, 1.807) is 12.1 Å². The molecule has 2 heterocycles. The smallest absolute Gasteiger partial charge is 0.311 e. The van der Waals surface area contributed by atoms with Crippen LogP contribution in [-0.2, 0) is 19.6 Å². The first-order valence-corrected chi connectivity index (χ1v) is 9.98. The first-order chi connectivity index (χ1) is 15.0. The molecule has 0 saturated heterocycles. The van der Waals surface area contributed by atoms with E-state index in [-0.39, 0.29) is 23.5 Å². The van der Waals surface area contributed by atoms with Crippen molar-refractivity contribution in [2.24, 2.45) is 0 Å². The van der Waals surface area contributed by atoms with E-state index >= 15 is 0 Å². The molecule has 4 rings (SSSR count). The van der Waals surface area contributed by atoms with E-state index in [0.29, 0.717) is 25.2 Å². The van der Waals surface area contributed by atoms with E-state index in [1.807, 2.05) is 6.92 Å². The highest BCUT2D eigenvalue weighted by molar-refractivity contribution is 5.68. The second-order valence-corrected chi connectivity index (χ2v) is 7.34. The minimum Gasteiger partial charge on any atom is -0.311 e. The third-order valence-electron chi connectivity index (χ3n) is 5.06. The molecule has 0 aliphatic rings. The summed E-state index contributed by atoms with van der Waals surface area (Å²) in [5.41, 5.74) is 2.38. The van der Waals surface area contributed by atoms with Gasteiger partial charge < -0.3 is 5.32 Å². The van der Waals surface area contributed by atoms with Crippen molar-refractivity contribution in [2.45, 2.75) is 26.6 Å². The molecule has 158 valence electrons. The Morgan fingerprint density at radius 3 is 2.32 bits per heavy atom. The molecule has 8 heteroatoms. The maximum Gasteiger partial charge on any atom is 0.333 e. The zero-order chi connectivity index (χ0) is 21.8. The molecule has 0 amide bonds. The SMILES string of the molecule is Cc1ccc(CNCCn2c(=O)n(Cc3ccc(F)cc3)c(=O)c3nccnc32)cc1. The summed E-state index contributed by atoms with van der Waals surface area (Å²) in [5, 5.41) is 3.31. The lowest BCUT2D eigenvalue weighted by Gasteiger charge is -2.13. The standard InChI is InChI=1S/C23H22FN5O2/c1-16-2-4-17(5-3-16)14-25-12-13-28-21-20(26-10-11-27-21)22(30)29(23(28)31)15-18-6-8-19(24)9-7-18/h2-11,25H,12-15H2,1H3. The van der Waals surface area contributed by atoms with Gasteiger partial charge in [0.05, 0.1) is 6.54 Å². The van der Waals surface area contributed by atoms with Crippen LogP contribution in [0.4, 0.5) is 4.39 Å². The average Bonchev–Trinajstić information content (AvgIpc) is 2.78. The van der Waals surface area contributed by atoms with Gasteiger partial charge in [0.2, 0.25) is 0 Å². The summed E-state index contributed by atoms with van der Waals surface area (Å²) in [7, 11) is 0. The molecular weight excluding hydrogens is 397 g/mol. The van der Waals surface area contributed by atoms with Crippen molar-refractivity contribution in [2.75, 3.05) is 6.54 Å². The van der Waals surface area contributed by atoms with Crippen LogP contribution in [0.15, 0.2) is 70.5 Å². The Morgan fingerprint density at radius 1 is 0.903 bits per heavy atom. The van der Waals surface area contributed by atoms with Crippen LogP contribution in [0.25, 0.3) is 11.2 Å². The van der Waals surface area contributed by atoms with Crippen molar-refractivity contribution in [1.82, 2.24) is 24.4 Å².